The van der Waals surface area contributed by atoms with Gasteiger partial charge >= 0.3 is 18.7 Å². The zero-order chi connectivity index (χ0) is 34.8. The molecule has 0 unspecified atom stereocenters. The van der Waals surface area contributed by atoms with Gasteiger partial charge in [0.25, 0.3) is 10.0 Å². The van der Waals surface area contributed by atoms with Gasteiger partial charge in [-0.15, -0.1) is 0 Å². The van der Waals surface area contributed by atoms with Gasteiger partial charge in [0.15, 0.2) is 0 Å². The number of nitrogens with one attached hydrogen (secondary N) is 2. The fourth-order valence-electron chi connectivity index (χ4n) is 3.84. The highest BCUT2D eigenvalue weighted by Gasteiger charge is 2.29. The molecule has 4 rings (SSSR count). The van der Waals surface area contributed by atoms with Crippen molar-refractivity contribution in [1.82, 2.24) is 24.7 Å². The molecule has 0 saturated carbocycles. The molecule has 1 aliphatic rings. The lowest BCUT2D eigenvalue weighted by Crippen LogP contribution is -2.39. The summed E-state index contributed by atoms with van der Waals surface area (Å²) in [6.07, 6.45) is -0.416. The molecular formula is C29H39N6O9PS2. The summed E-state index contributed by atoms with van der Waals surface area (Å²) < 4.78 is 53.7. The molecule has 0 bridgehead atoms. The third-order valence-corrected chi connectivity index (χ3v) is 9.66. The van der Waals surface area contributed by atoms with Crippen molar-refractivity contribution >= 4 is 46.5 Å². The number of anilines is 1. The fraction of sp³-hybridized carbons (Fsp3) is 0.448. The van der Waals surface area contributed by atoms with Gasteiger partial charge in [0.2, 0.25) is 11.8 Å². The van der Waals surface area contributed by atoms with Gasteiger partial charge in [-0.05, 0) is 52.8 Å². The van der Waals surface area contributed by atoms with Gasteiger partial charge in [-0.25, -0.2) is 37.7 Å². The highest BCUT2D eigenvalue weighted by Crippen LogP contribution is 2.49. The molecular weight excluding hydrogens is 671 g/mol. The van der Waals surface area contributed by atoms with Crippen LogP contribution in [0.4, 0.5) is 10.7 Å². The molecule has 0 radical (unpaired) electrons. The van der Waals surface area contributed by atoms with Crippen LogP contribution in [0.2, 0.25) is 0 Å². The predicted molar refractivity (Wildman–Crippen MR) is 176 cm³/mol. The molecule has 1 aromatic carbocycles. The predicted octanol–water partition coefficient (Wildman–Crippen LogP) is 4.74. The average molecular weight is 711 g/mol. The Labute approximate surface area is 279 Å². The van der Waals surface area contributed by atoms with Crippen LogP contribution >= 0.6 is 6.72 Å². The second-order valence-corrected chi connectivity index (χ2v) is 14.9. The molecule has 3 aromatic rings. The Kier molecular flexibility index (Phi) is 13.7. The van der Waals surface area contributed by atoms with Crippen molar-refractivity contribution in [2.75, 3.05) is 31.7 Å². The molecule has 18 heteroatoms. The van der Waals surface area contributed by atoms with Crippen LogP contribution in [0.25, 0.3) is 0 Å². The van der Waals surface area contributed by atoms with E-state index in [-0.39, 0.29) is 35.5 Å². The molecule has 0 atom stereocenters. The lowest BCUT2D eigenvalue weighted by Gasteiger charge is -2.25. The molecule has 47 heavy (non-hydrogen) atoms. The summed E-state index contributed by atoms with van der Waals surface area (Å²) in [5.74, 6) is 0.514. The van der Waals surface area contributed by atoms with E-state index in [1.165, 1.54) is 24.3 Å². The molecule has 3 heterocycles. The van der Waals surface area contributed by atoms with E-state index in [1.807, 2.05) is 39.3 Å². The second-order valence-electron chi connectivity index (χ2n) is 10.3. The van der Waals surface area contributed by atoms with Crippen molar-refractivity contribution in [2.45, 2.75) is 65.4 Å². The first-order valence-electron chi connectivity index (χ1n) is 14.6. The van der Waals surface area contributed by atoms with Crippen molar-refractivity contribution in [3.8, 4) is 5.88 Å². The first-order valence-corrected chi connectivity index (χ1v) is 18.7. The van der Waals surface area contributed by atoms with Gasteiger partial charge < -0.3 is 14.0 Å². The van der Waals surface area contributed by atoms with Gasteiger partial charge in [0.05, 0.1) is 32.0 Å². The first kappa shape index (κ1) is 37.9. The number of sulfonamides is 1. The Hall–Kier alpha value is -3.60. The average Bonchev–Trinajstić information content (AvgIpc) is 2.94. The van der Waals surface area contributed by atoms with Crippen molar-refractivity contribution < 1.29 is 41.1 Å². The molecule has 1 aliphatic heterocycles. The van der Waals surface area contributed by atoms with E-state index < -0.39 is 34.8 Å². The summed E-state index contributed by atoms with van der Waals surface area (Å²) in [5.41, 5.74) is 1.87. The fourth-order valence-corrected chi connectivity index (χ4v) is 6.94. The molecule has 2 amide bonds. The monoisotopic (exact) mass is 710 g/mol. The SMILES string of the molecule is CCOP(=S)(OCC)Oc1cc(C)nc(C(C)C)n1.Cc1cc(C)nc(NC(=O)NS(=O)(=O)c2ccccc2C(=O)OC2COC2)n1. The van der Waals surface area contributed by atoms with Crippen LogP contribution in [0.15, 0.2) is 41.3 Å². The Bertz CT molecular complexity index is 1690. The number of hydrogen-bond acceptors (Lipinski definition) is 14. The maximum atomic E-state index is 12.6. The Morgan fingerprint density at radius 1 is 0.979 bits per heavy atom. The molecule has 256 valence electrons. The van der Waals surface area contributed by atoms with Crippen LogP contribution in [-0.4, -0.2) is 72.9 Å². The smallest absolute Gasteiger partial charge is 0.381 e. The van der Waals surface area contributed by atoms with E-state index in [4.69, 9.17) is 34.9 Å². The maximum absolute atomic E-state index is 12.6. The third-order valence-electron chi connectivity index (χ3n) is 5.86. The van der Waals surface area contributed by atoms with Gasteiger partial charge in [-0.3, -0.25) is 14.4 Å². The Morgan fingerprint density at radius 2 is 1.57 bits per heavy atom. The van der Waals surface area contributed by atoms with Crippen molar-refractivity contribution in [3.63, 3.8) is 0 Å². The van der Waals surface area contributed by atoms with E-state index in [9.17, 15) is 18.0 Å². The Morgan fingerprint density at radius 3 is 2.13 bits per heavy atom. The maximum Gasteiger partial charge on any atom is 0.381 e. The summed E-state index contributed by atoms with van der Waals surface area (Å²) >= 11 is 5.32. The van der Waals surface area contributed by atoms with E-state index in [1.54, 1.807) is 26.0 Å². The standard InChI is InChI=1S/C17H18N4O6S.C12H21N2O3PS/c1-10-7-11(2)19-16(18-10)20-17(23)21-28(24,25)14-6-4-3-5-13(14)15(22)27-12-8-26-9-12;1-6-15-18(19,16-7-2)17-11-8-10(5)13-12(14-11)9(3)4/h3-7,12H,8-9H2,1-2H3,(H2,18,19,20,21,23);8-9H,6-7H2,1-5H3. The summed E-state index contributed by atoms with van der Waals surface area (Å²) in [7, 11) is -4.35. The molecule has 2 N–H and O–H groups in total. The number of rotatable bonds is 12. The lowest BCUT2D eigenvalue weighted by molar-refractivity contribution is -0.103. The number of aryl methyl sites for hydroxylation is 3. The second kappa shape index (κ2) is 17.0. The highest BCUT2D eigenvalue weighted by atomic mass is 32.5. The zero-order valence-electron chi connectivity index (χ0n) is 27.2. The molecule has 0 spiro atoms. The van der Waals surface area contributed by atoms with Gasteiger partial charge in [-0.2, -0.15) is 4.98 Å². The number of esters is 1. The van der Waals surface area contributed by atoms with Gasteiger partial charge in [-0.1, -0.05) is 26.0 Å². The number of benzene rings is 1. The van der Waals surface area contributed by atoms with Crippen LogP contribution in [0.3, 0.4) is 0 Å². The largest absolute Gasteiger partial charge is 0.454 e. The van der Waals surface area contributed by atoms with Crippen LogP contribution in [0.5, 0.6) is 5.88 Å². The van der Waals surface area contributed by atoms with E-state index in [2.05, 4.69) is 25.3 Å². The van der Waals surface area contributed by atoms with E-state index >= 15 is 0 Å². The Balaban J connectivity index is 0.000000277. The van der Waals surface area contributed by atoms with Crippen LogP contribution in [0.1, 0.15) is 66.9 Å². The van der Waals surface area contributed by atoms with Crippen LogP contribution in [0, 0.1) is 20.8 Å². The van der Waals surface area contributed by atoms with Crippen molar-refractivity contribution in [2.24, 2.45) is 0 Å². The lowest BCUT2D eigenvalue weighted by atomic mass is 10.2. The molecule has 0 aliphatic carbocycles. The quantitative estimate of drug-likeness (QED) is 0.194. The third kappa shape index (κ3) is 11.6. The summed E-state index contributed by atoms with van der Waals surface area (Å²) in [4.78, 5) is 40.7. The number of aromatic nitrogens is 4. The normalized spacial score (nSPS) is 13.2. The number of amides is 2. The summed E-state index contributed by atoms with van der Waals surface area (Å²) in [5, 5.41) is 2.26. The van der Waals surface area contributed by atoms with Crippen LogP contribution < -0.4 is 14.6 Å². The summed E-state index contributed by atoms with van der Waals surface area (Å²) in [6, 6.07) is 7.83. The zero-order valence-corrected chi connectivity index (χ0v) is 29.7. The van der Waals surface area contributed by atoms with Gasteiger partial charge in [0.1, 0.15) is 16.8 Å². The number of ether oxygens (including phenoxy) is 2. The number of carbonyl (C=O) groups is 2. The molecule has 1 saturated heterocycles. The number of carbonyl (C=O) groups excluding carboxylic acids is 2. The molecule has 2 aromatic heterocycles. The van der Waals surface area contributed by atoms with Crippen molar-refractivity contribution in [1.29, 1.82) is 0 Å². The minimum Gasteiger partial charge on any atom is -0.454 e. The minimum atomic E-state index is -4.35. The molecule has 1 fully saturated rings. The number of urea groups is 1. The number of hydrogen-bond donors (Lipinski definition) is 2. The summed E-state index contributed by atoms with van der Waals surface area (Å²) in [6.45, 7) is 11.7. The topological polar surface area (TPSA) is 190 Å². The van der Waals surface area contributed by atoms with E-state index in [0.29, 0.717) is 30.5 Å². The molecule has 15 nitrogen and oxygen atoms in total. The highest BCUT2D eigenvalue weighted by molar-refractivity contribution is 8.07. The van der Waals surface area contributed by atoms with E-state index in [0.717, 1.165) is 11.5 Å². The number of nitrogens with zero attached hydrogens (tertiary/aromatic N) is 4. The first-order chi connectivity index (χ1) is 22.1. The minimum absolute atomic E-state index is 0.0390. The van der Waals surface area contributed by atoms with Crippen molar-refractivity contribution in [3.05, 3.63) is 64.9 Å². The van der Waals surface area contributed by atoms with Gasteiger partial charge in [0, 0.05) is 40.9 Å². The van der Waals surface area contributed by atoms with Crippen LogP contribution in [-0.2, 0) is 40.4 Å².